The van der Waals surface area contributed by atoms with Gasteiger partial charge in [-0.05, 0) is 207 Å². The molecule has 0 saturated carbocycles. The van der Waals surface area contributed by atoms with E-state index in [0.29, 0.717) is 110 Å². The Hall–Kier alpha value is -5.27. The third kappa shape index (κ3) is 110. The molecule has 0 aliphatic rings. The van der Waals surface area contributed by atoms with Gasteiger partial charge in [-0.25, -0.2) is 4.79 Å². The molecule has 0 atom stereocenters. The third-order valence-corrected chi connectivity index (χ3v) is 24.9. The zero-order valence-electron chi connectivity index (χ0n) is 106. The van der Waals surface area contributed by atoms with Crippen LogP contribution in [0.1, 0.15) is 466 Å². The van der Waals surface area contributed by atoms with Gasteiger partial charge in [0, 0.05) is 143 Å². The highest BCUT2D eigenvalue weighted by Crippen LogP contribution is 2.31. The predicted molar refractivity (Wildman–Crippen MR) is 627 cm³/mol. The number of hydrogen-bond donors (Lipinski definition) is 0. The van der Waals surface area contributed by atoms with E-state index in [9.17, 15) is 52.7 Å². The molecule has 22 nitrogen and oxygen atoms in total. The molecule has 0 unspecified atom stereocenters. The lowest BCUT2D eigenvalue weighted by atomic mass is 9.83. The van der Waals surface area contributed by atoms with Crippen molar-refractivity contribution in [2.75, 3.05) is 125 Å². The zero-order valence-corrected chi connectivity index (χ0v) is 108. The molecular weight excluding hydrogens is 1890 g/mol. The summed E-state index contributed by atoms with van der Waals surface area (Å²) in [5.41, 5.74) is 2.56. The smallest absolute Gasteiger partial charge is 0.409 e. The molecule has 0 bridgehead atoms. The van der Waals surface area contributed by atoms with E-state index in [1.165, 1.54) is 48.3 Å². The lowest BCUT2D eigenvalue weighted by Gasteiger charge is -2.25. The van der Waals surface area contributed by atoms with Crippen molar-refractivity contribution in [3.63, 3.8) is 0 Å². The van der Waals surface area contributed by atoms with Crippen LogP contribution >= 0.6 is 21.6 Å². The molecule has 24 heteroatoms. The van der Waals surface area contributed by atoms with Gasteiger partial charge in [0.05, 0.1) is 24.0 Å². The maximum atomic E-state index is 12.0. The SMILES string of the molecule is CC(C)(C)CCC(=O)C(C)(C)C.CC(C)(C)CCCC(=O)OCC(=O)C(C)(C)C.CC(C)(C)CCCCOCC(=O)C(C)(C)C.CC(C)(C)CCCOC(=O)C(C)(C)C.CC(C)(C)CCCOCC(=O)C(C)(C)C.CC(C)(C)CCCOCCC(=O)C(C)(C)C.CC(C)(C)CCCSSCCOC(=O)C(C)(C)C.CC(C)C(=O)N(C)CCN(C)C(C)C.CC(C)Cc1ccc(COC(=O)N(C)CCN(C)C(=O)C(C)C)cc1. The standard InChI is InChI=1S/C20H32N2O3.C14H26O3.C14H28O2S2.2C14H28O2.C13H26O2.C12H24O2.C11H24N2O.C11H22O/c1-15(2)13-17-7-9-18(10-8-17)14-25-20(24)22(6)12-11-21(5)19(23)16(3)4;1-13(2,3)9-7-8-12(16)17-10-11(15)14(4,5)6;1-13(2,3)8-7-10-17-18-11-9-16-12(15)14(4,5)6;1-13(2,3)9-7-10-16-11-8-12(15)14(4,5)6;1-13(2,3)9-7-8-10-16-11-12(15)14(4,5)6;1-12(2,3)8-7-9-15-10-11(14)13(4,5)6;1-11(2,3)8-7-9-14-10(13)12(4,5)6;1-9(2)11(14)13(6)8-7-12(5)10(3)4;1-10(2,3)8-7-9(12)11(4,5)6/h7-10,15-16H,11-14H2,1-6H3;7-10H2,1-6H3;7-11H2,1-6H3;2*7-11H2,1-6H3;7-10H2,1-6H3;7-9H2,1-6H3;9-10H,7-8H2,1-6H3;7-8H2,1-6H3. The van der Waals surface area contributed by atoms with Crippen LogP contribution in [0.15, 0.2) is 24.3 Å². The predicted octanol–water partition coefficient (Wildman–Crippen LogP) is 31.1. The molecule has 0 fully saturated rings. The van der Waals surface area contributed by atoms with Crippen LogP contribution in [0.25, 0.3) is 0 Å². The average molecular weight is 2130 g/mol. The van der Waals surface area contributed by atoms with Gasteiger partial charge >= 0.3 is 24.0 Å². The van der Waals surface area contributed by atoms with E-state index >= 15 is 0 Å². The Morgan fingerprint density at radius 2 is 0.592 bits per heavy atom. The van der Waals surface area contributed by atoms with Crippen molar-refractivity contribution in [3.05, 3.63) is 35.4 Å². The van der Waals surface area contributed by atoms with Gasteiger partial charge in [-0.3, -0.25) is 47.9 Å². The Balaban J connectivity index is -0.000000248. The molecule has 1 aromatic carbocycles. The number of nitrogens with zero attached hydrogens (tertiary/aromatic N) is 4. The molecule has 3 amide bonds. The Kier molecular flexibility index (Phi) is 82.4. The maximum Gasteiger partial charge on any atom is 0.409 e. The molecule has 0 saturated heterocycles. The van der Waals surface area contributed by atoms with Gasteiger partial charge in [0.2, 0.25) is 11.8 Å². The quantitative estimate of drug-likeness (QED) is 0.0254. The minimum absolute atomic E-state index is 0.0401. The summed E-state index contributed by atoms with van der Waals surface area (Å²) < 4.78 is 36.9. The highest BCUT2D eigenvalue weighted by molar-refractivity contribution is 8.76. The first-order valence-electron chi connectivity index (χ1n) is 55.2. The lowest BCUT2D eigenvalue weighted by Crippen LogP contribution is -2.39. The third-order valence-electron chi connectivity index (χ3n) is 22.5. The van der Waals surface area contributed by atoms with E-state index in [2.05, 4.69) is 197 Å². The molecule has 0 heterocycles. The molecule has 1 aromatic rings. The highest BCUT2D eigenvalue weighted by Gasteiger charge is 2.30. The van der Waals surface area contributed by atoms with Gasteiger partial charge in [0.25, 0.3) is 0 Å². The zero-order chi connectivity index (χ0) is 117. The lowest BCUT2D eigenvalue weighted by molar-refractivity contribution is -0.153. The van der Waals surface area contributed by atoms with Gasteiger partial charge in [0.15, 0.2) is 24.0 Å². The molecule has 0 spiro atoms. The number of ketones is 5. The van der Waals surface area contributed by atoms with Gasteiger partial charge in [0.1, 0.15) is 38.0 Å². The van der Waals surface area contributed by atoms with E-state index in [1.54, 1.807) is 29.8 Å². The summed E-state index contributed by atoms with van der Waals surface area (Å²) in [7, 11) is 11.1. The first-order chi connectivity index (χ1) is 65.8. The van der Waals surface area contributed by atoms with Crippen molar-refractivity contribution in [1.82, 2.24) is 19.6 Å². The number of amides is 3. The van der Waals surface area contributed by atoms with Gasteiger partial charge in [-0.1, -0.05) is 343 Å². The Labute approximate surface area is 914 Å². The van der Waals surface area contributed by atoms with Crippen molar-refractivity contribution in [3.8, 4) is 0 Å². The molecule has 1 rings (SSSR count). The van der Waals surface area contributed by atoms with Gasteiger partial charge < -0.3 is 52.8 Å². The molecule has 0 aromatic heterocycles. The normalized spacial score (nSPS) is 12.3. The highest BCUT2D eigenvalue weighted by atomic mass is 33.1. The van der Waals surface area contributed by atoms with Crippen molar-refractivity contribution in [2.24, 2.45) is 93.6 Å². The number of rotatable bonds is 47. The summed E-state index contributed by atoms with van der Waals surface area (Å²) >= 11 is 0. The molecular formula is C123H238N4O18S2. The summed E-state index contributed by atoms with van der Waals surface area (Å²) in [6, 6.07) is 8.70. The van der Waals surface area contributed by atoms with Crippen LogP contribution in [0.2, 0.25) is 0 Å². The summed E-state index contributed by atoms with van der Waals surface area (Å²) in [5.74, 6) is 3.52. The van der Waals surface area contributed by atoms with Crippen LogP contribution in [0.4, 0.5) is 4.79 Å². The molecule has 0 aliphatic carbocycles. The van der Waals surface area contributed by atoms with E-state index in [-0.39, 0.29) is 141 Å². The van der Waals surface area contributed by atoms with Crippen LogP contribution in [0.5, 0.6) is 0 Å². The minimum atomic E-state index is -0.439. The number of ether oxygens (including phenoxy) is 7. The minimum Gasteiger partial charge on any atom is -0.465 e. The first-order valence-corrected chi connectivity index (χ1v) is 57.6. The summed E-state index contributed by atoms with van der Waals surface area (Å²) in [6.45, 7) is 110. The maximum absolute atomic E-state index is 12.0. The average Bonchev–Trinajstić information content (AvgIpc) is 0.897. The Bertz CT molecular complexity index is 3620. The number of likely N-dealkylation sites (N-methyl/N-ethyl adjacent to an activating group) is 4. The molecule has 0 N–H and O–H groups in total. The van der Waals surface area contributed by atoms with Crippen LogP contribution in [-0.4, -0.2) is 216 Å². The van der Waals surface area contributed by atoms with Gasteiger partial charge in [-0.15, -0.1) is 0 Å². The second-order valence-electron chi connectivity index (χ2n) is 56.9. The number of carbonyl (C=O) groups is 11. The summed E-state index contributed by atoms with van der Waals surface area (Å²) in [4.78, 5) is 134. The van der Waals surface area contributed by atoms with E-state index < -0.39 is 5.41 Å². The van der Waals surface area contributed by atoms with Crippen LogP contribution < -0.4 is 0 Å². The van der Waals surface area contributed by atoms with Crippen molar-refractivity contribution >= 4 is 86.3 Å². The largest absolute Gasteiger partial charge is 0.465 e. The van der Waals surface area contributed by atoms with Crippen LogP contribution in [0.3, 0.4) is 0 Å². The monoisotopic (exact) mass is 2120 g/mol. The number of benzene rings is 1. The molecule has 870 valence electrons. The number of unbranched alkanes of at least 4 members (excludes halogenated alkanes) is 1. The summed E-state index contributed by atoms with van der Waals surface area (Å²) in [5, 5.41) is 0. The van der Waals surface area contributed by atoms with E-state index in [4.69, 9.17) is 33.2 Å². The number of Topliss-reactive ketones (excluding diaryl/α,β-unsaturated/α-hetero) is 5. The van der Waals surface area contributed by atoms with Crippen molar-refractivity contribution in [1.29, 1.82) is 0 Å². The van der Waals surface area contributed by atoms with Gasteiger partial charge in [-0.2, -0.15) is 0 Å². The fraction of sp³-hybridized carbons (Fsp3) is 0.862. The summed E-state index contributed by atoms with van der Waals surface area (Å²) in [6.07, 6.45) is 17.5. The fourth-order valence-electron chi connectivity index (χ4n) is 11.4. The topological polar surface area (TPSA) is 265 Å². The fourth-order valence-corrected chi connectivity index (χ4v) is 13.4. The second-order valence-corrected chi connectivity index (χ2v) is 59.6. The number of esters is 3. The molecule has 0 aliphatic heterocycles. The number of hydrogen-bond acceptors (Lipinski definition) is 21. The Morgan fingerprint density at radius 3 is 0.952 bits per heavy atom. The van der Waals surface area contributed by atoms with Crippen LogP contribution in [0, 0.1) is 93.6 Å². The van der Waals surface area contributed by atoms with Crippen molar-refractivity contribution in [2.45, 2.75) is 474 Å². The molecule has 0 radical (unpaired) electrons. The molecule has 147 heavy (non-hydrogen) atoms. The van der Waals surface area contributed by atoms with E-state index in [1.807, 2.05) is 208 Å². The Morgan fingerprint density at radius 1 is 0.279 bits per heavy atom. The van der Waals surface area contributed by atoms with Crippen molar-refractivity contribution < 1.29 is 85.9 Å². The first kappa shape index (κ1) is 157. The van der Waals surface area contributed by atoms with E-state index in [0.717, 1.165) is 95.2 Å². The number of carbonyl (C=O) groups excluding carboxylic acids is 11. The van der Waals surface area contributed by atoms with Crippen LogP contribution in [-0.2, 0) is 94.1 Å². The second kappa shape index (κ2) is 77.1.